The lowest BCUT2D eigenvalue weighted by atomic mass is 9.85. The minimum atomic E-state index is -0.409. The summed E-state index contributed by atoms with van der Waals surface area (Å²) in [6, 6.07) is 15.4. The minimum absolute atomic E-state index is 0.110. The van der Waals surface area contributed by atoms with Crippen LogP contribution in [-0.4, -0.2) is 46.7 Å². The van der Waals surface area contributed by atoms with Gasteiger partial charge < -0.3 is 9.47 Å². The van der Waals surface area contributed by atoms with Gasteiger partial charge in [0.15, 0.2) is 0 Å². The largest absolute Gasteiger partial charge is 0.497 e. The lowest BCUT2D eigenvalue weighted by molar-refractivity contribution is -0.180. The molecule has 4 rings (SSSR count). The van der Waals surface area contributed by atoms with E-state index >= 15 is 0 Å². The molecule has 0 amide bonds. The fourth-order valence-electron chi connectivity index (χ4n) is 3.72. The first kappa shape index (κ1) is 19.7. The van der Waals surface area contributed by atoms with Gasteiger partial charge in [-0.1, -0.05) is 23.7 Å². The van der Waals surface area contributed by atoms with Crippen LogP contribution in [0.1, 0.15) is 12.0 Å². The van der Waals surface area contributed by atoms with Gasteiger partial charge in [-0.15, -0.1) is 0 Å². The van der Waals surface area contributed by atoms with Crippen LogP contribution < -0.4 is 9.47 Å². The maximum atomic E-state index is 6.17. The fraction of sp³-hybridized carbons (Fsp3) is 0.333. The van der Waals surface area contributed by atoms with Crippen molar-refractivity contribution in [2.24, 2.45) is 0 Å². The molecule has 1 fully saturated rings. The first-order valence-electron chi connectivity index (χ1n) is 9.35. The van der Waals surface area contributed by atoms with E-state index in [0.29, 0.717) is 18.2 Å². The number of hydrogen-bond donors (Lipinski definition) is 0. The number of likely N-dealkylation sites (N-methyl/N-ethyl adjacent to an activating group) is 1. The van der Waals surface area contributed by atoms with Crippen molar-refractivity contribution in [3.63, 3.8) is 0 Å². The molecular weight excluding hydrogens is 392 g/mol. The number of rotatable bonds is 7. The SMILES string of the molecule is COc1ccc([C@]2(Cn3cncn3)C[C@@H](COc3ccc(Cl)cc3)ON2C)cc1. The number of ether oxygens (including phenoxy) is 2. The number of nitrogens with zero attached hydrogens (tertiary/aromatic N) is 4. The lowest BCUT2D eigenvalue weighted by Crippen LogP contribution is -2.42. The third-order valence-corrected chi connectivity index (χ3v) is 5.49. The van der Waals surface area contributed by atoms with Gasteiger partial charge in [0.1, 0.15) is 36.9 Å². The summed E-state index contributed by atoms with van der Waals surface area (Å²) in [4.78, 5) is 10.3. The van der Waals surface area contributed by atoms with Crippen LogP contribution in [-0.2, 0) is 16.9 Å². The standard InChI is InChI=1S/C21H23ClN4O3/c1-25-21(13-26-15-23-14-24-26,16-3-7-18(27-2)8-4-16)11-20(29-25)12-28-19-9-5-17(22)6-10-19/h3-10,14-15,20H,11-13H2,1-2H3/t20-,21+/m0/s1. The van der Waals surface area contributed by atoms with E-state index in [1.165, 1.54) is 0 Å². The second kappa shape index (κ2) is 8.41. The Hall–Kier alpha value is -2.61. The van der Waals surface area contributed by atoms with Crippen molar-refractivity contribution in [2.75, 3.05) is 20.8 Å². The second-order valence-electron chi connectivity index (χ2n) is 7.05. The third kappa shape index (κ3) is 4.22. The molecule has 0 aliphatic carbocycles. The molecule has 29 heavy (non-hydrogen) atoms. The minimum Gasteiger partial charge on any atom is -0.497 e. The van der Waals surface area contributed by atoms with Gasteiger partial charge in [-0.25, -0.2) is 4.98 Å². The molecule has 1 aliphatic heterocycles. The summed E-state index contributed by atoms with van der Waals surface area (Å²) < 4.78 is 13.1. The molecule has 1 saturated heterocycles. The summed E-state index contributed by atoms with van der Waals surface area (Å²) in [5.74, 6) is 1.58. The zero-order chi connectivity index (χ0) is 20.3. The Kier molecular flexibility index (Phi) is 5.71. The lowest BCUT2D eigenvalue weighted by Gasteiger charge is -2.34. The summed E-state index contributed by atoms with van der Waals surface area (Å²) in [6.07, 6.45) is 3.89. The van der Waals surface area contributed by atoms with Crippen LogP contribution in [0.5, 0.6) is 11.5 Å². The maximum Gasteiger partial charge on any atom is 0.137 e. The molecule has 0 N–H and O–H groups in total. The van der Waals surface area contributed by atoms with Crippen molar-refractivity contribution in [3.05, 3.63) is 71.8 Å². The van der Waals surface area contributed by atoms with Crippen molar-refractivity contribution < 1.29 is 14.3 Å². The quantitative estimate of drug-likeness (QED) is 0.589. The molecule has 3 aromatic rings. The topological polar surface area (TPSA) is 61.6 Å². The van der Waals surface area contributed by atoms with Crippen LogP contribution >= 0.6 is 11.6 Å². The summed E-state index contributed by atoms with van der Waals surface area (Å²) in [5, 5.41) is 6.89. The van der Waals surface area contributed by atoms with Gasteiger partial charge in [0.2, 0.25) is 0 Å². The van der Waals surface area contributed by atoms with Crippen LogP contribution in [0.2, 0.25) is 5.02 Å². The van der Waals surface area contributed by atoms with Crippen molar-refractivity contribution >= 4 is 11.6 Å². The average molecular weight is 415 g/mol. The Morgan fingerprint density at radius 3 is 2.52 bits per heavy atom. The molecule has 1 aromatic heterocycles. The molecule has 2 atom stereocenters. The van der Waals surface area contributed by atoms with E-state index < -0.39 is 5.54 Å². The molecule has 8 heteroatoms. The Balaban J connectivity index is 1.55. The van der Waals surface area contributed by atoms with Crippen LogP contribution in [0.15, 0.2) is 61.2 Å². The van der Waals surface area contributed by atoms with Gasteiger partial charge in [-0.2, -0.15) is 10.2 Å². The highest BCUT2D eigenvalue weighted by atomic mass is 35.5. The highest BCUT2D eigenvalue weighted by Crippen LogP contribution is 2.41. The van der Waals surface area contributed by atoms with Gasteiger partial charge in [0.25, 0.3) is 0 Å². The monoisotopic (exact) mass is 414 g/mol. The molecule has 2 aromatic carbocycles. The van der Waals surface area contributed by atoms with Crippen molar-refractivity contribution in [1.82, 2.24) is 19.8 Å². The van der Waals surface area contributed by atoms with E-state index in [4.69, 9.17) is 25.9 Å². The molecule has 0 spiro atoms. The van der Waals surface area contributed by atoms with Crippen molar-refractivity contribution in [2.45, 2.75) is 24.6 Å². The predicted octanol–water partition coefficient (Wildman–Crippen LogP) is 3.55. The molecule has 0 bridgehead atoms. The zero-order valence-electron chi connectivity index (χ0n) is 16.4. The highest BCUT2D eigenvalue weighted by molar-refractivity contribution is 6.30. The van der Waals surface area contributed by atoms with E-state index in [9.17, 15) is 0 Å². The van der Waals surface area contributed by atoms with Gasteiger partial charge in [-0.3, -0.25) is 9.52 Å². The number of aromatic nitrogens is 3. The van der Waals surface area contributed by atoms with Gasteiger partial charge in [0, 0.05) is 18.5 Å². The summed E-state index contributed by atoms with van der Waals surface area (Å²) in [7, 11) is 3.61. The Morgan fingerprint density at radius 2 is 1.86 bits per heavy atom. The number of hydrogen-bond acceptors (Lipinski definition) is 6. The van der Waals surface area contributed by atoms with E-state index in [-0.39, 0.29) is 6.10 Å². The third-order valence-electron chi connectivity index (χ3n) is 5.24. The molecule has 0 radical (unpaired) electrons. The zero-order valence-corrected chi connectivity index (χ0v) is 17.1. The number of methoxy groups -OCH3 is 1. The van der Waals surface area contributed by atoms with E-state index in [2.05, 4.69) is 22.2 Å². The van der Waals surface area contributed by atoms with Gasteiger partial charge in [-0.05, 0) is 42.0 Å². The van der Waals surface area contributed by atoms with Crippen molar-refractivity contribution in [3.8, 4) is 11.5 Å². The molecular formula is C21H23ClN4O3. The Morgan fingerprint density at radius 1 is 1.14 bits per heavy atom. The number of benzene rings is 2. The predicted molar refractivity (Wildman–Crippen MR) is 109 cm³/mol. The number of hydroxylamine groups is 2. The number of halogens is 1. The van der Waals surface area contributed by atoms with Crippen molar-refractivity contribution in [1.29, 1.82) is 0 Å². The summed E-state index contributed by atoms with van der Waals surface area (Å²) in [6.45, 7) is 1.04. The first-order valence-corrected chi connectivity index (χ1v) is 9.73. The van der Waals surface area contributed by atoms with E-state index in [1.54, 1.807) is 19.8 Å². The smallest absolute Gasteiger partial charge is 0.137 e. The Labute approximate surface area is 174 Å². The molecule has 0 saturated carbocycles. The maximum absolute atomic E-state index is 6.17. The Bertz CT molecular complexity index is 918. The highest BCUT2D eigenvalue weighted by Gasteiger charge is 2.47. The molecule has 0 unspecified atom stereocenters. The van der Waals surface area contributed by atoms with Crippen LogP contribution in [0.3, 0.4) is 0 Å². The normalized spacial score (nSPS) is 22.0. The molecule has 7 nitrogen and oxygen atoms in total. The van der Waals surface area contributed by atoms with Gasteiger partial charge in [0.05, 0.1) is 19.2 Å². The second-order valence-corrected chi connectivity index (χ2v) is 7.48. The van der Waals surface area contributed by atoms with E-state index in [0.717, 1.165) is 23.5 Å². The summed E-state index contributed by atoms with van der Waals surface area (Å²) >= 11 is 5.94. The molecule has 1 aliphatic rings. The first-order chi connectivity index (χ1) is 14.1. The van der Waals surface area contributed by atoms with E-state index in [1.807, 2.05) is 53.2 Å². The molecule has 152 valence electrons. The summed E-state index contributed by atoms with van der Waals surface area (Å²) in [5.41, 5.74) is 0.707. The van der Waals surface area contributed by atoms with Gasteiger partial charge >= 0.3 is 0 Å². The molecule has 2 heterocycles. The van der Waals surface area contributed by atoms with Crippen LogP contribution in [0.4, 0.5) is 0 Å². The van der Waals surface area contributed by atoms with Crippen LogP contribution in [0.25, 0.3) is 0 Å². The fourth-order valence-corrected chi connectivity index (χ4v) is 3.84. The average Bonchev–Trinajstić information content (AvgIpc) is 3.36. The van der Waals surface area contributed by atoms with Crippen LogP contribution in [0, 0.1) is 0 Å².